The van der Waals surface area contributed by atoms with Crippen LogP contribution in [0.25, 0.3) is 12.2 Å². The van der Waals surface area contributed by atoms with E-state index in [4.69, 9.17) is 24.4 Å². The highest BCUT2D eigenvalue weighted by molar-refractivity contribution is 8.27. The summed E-state index contributed by atoms with van der Waals surface area (Å²) in [5.74, 6) is -0.165. The molecule has 3 rings (SSSR count). The summed E-state index contributed by atoms with van der Waals surface area (Å²) in [6, 6.07) is 7.61. The summed E-state index contributed by atoms with van der Waals surface area (Å²) >= 11 is 12.8. The number of rotatable bonds is 2. The lowest BCUT2D eigenvalue weighted by molar-refractivity contribution is -0.122. The van der Waals surface area contributed by atoms with Crippen LogP contribution in [0.2, 0.25) is 0 Å². The predicted octanol–water partition coefficient (Wildman–Crippen LogP) is 3.35. The lowest BCUT2D eigenvalue weighted by atomic mass is 10.1. The molecule has 2 saturated heterocycles. The van der Waals surface area contributed by atoms with Gasteiger partial charge in [0.05, 0.1) is 9.81 Å². The van der Waals surface area contributed by atoms with E-state index in [1.165, 1.54) is 33.3 Å². The highest BCUT2D eigenvalue weighted by Crippen LogP contribution is 2.32. The van der Waals surface area contributed by atoms with E-state index in [9.17, 15) is 9.59 Å². The first-order valence-corrected chi connectivity index (χ1v) is 9.35. The summed E-state index contributed by atoms with van der Waals surface area (Å²) in [5.41, 5.74) is 1.81. The van der Waals surface area contributed by atoms with Gasteiger partial charge in [-0.15, -0.1) is 0 Å². The van der Waals surface area contributed by atoms with Crippen LogP contribution in [0.5, 0.6) is 0 Å². The molecule has 2 heterocycles. The number of carbonyl (C=O) groups is 2. The number of nitrogens with zero attached hydrogens (tertiary/aromatic N) is 2. The van der Waals surface area contributed by atoms with E-state index in [0.717, 1.165) is 11.1 Å². The first-order valence-electron chi connectivity index (χ1n) is 6.90. The van der Waals surface area contributed by atoms with Gasteiger partial charge in [0.25, 0.3) is 11.8 Å². The molecule has 0 unspecified atom stereocenters. The van der Waals surface area contributed by atoms with Gasteiger partial charge in [0.15, 0.2) is 0 Å². The summed E-state index contributed by atoms with van der Waals surface area (Å²) in [5, 5.41) is 0. The van der Waals surface area contributed by atoms with Crippen LogP contribution in [0.4, 0.5) is 0 Å². The Bertz CT molecular complexity index is 758. The molecule has 0 radical (unpaired) electrons. The molecule has 0 aromatic heterocycles. The third-order valence-corrected chi connectivity index (χ3v) is 6.47. The van der Waals surface area contributed by atoms with Crippen LogP contribution >= 0.6 is 48.0 Å². The van der Waals surface area contributed by atoms with Crippen LogP contribution in [0.1, 0.15) is 11.1 Å². The van der Waals surface area contributed by atoms with E-state index in [0.29, 0.717) is 18.5 Å². The number of likely N-dealkylation sites (N-methyl/N-ethyl adjacent to an activating group) is 2. The zero-order valence-corrected chi connectivity index (χ0v) is 16.1. The summed E-state index contributed by atoms with van der Waals surface area (Å²) in [6.45, 7) is 0. The topological polar surface area (TPSA) is 40.6 Å². The highest BCUT2D eigenvalue weighted by atomic mass is 32.2. The average molecular weight is 393 g/mol. The van der Waals surface area contributed by atoms with Gasteiger partial charge in [-0.2, -0.15) is 0 Å². The van der Waals surface area contributed by atoms with Crippen molar-refractivity contribution < 1.29 is 9.59 Å². The van der Waals surface area contributed by atoms with Crippen molar-refractivity contribution >= 4 is 80.6 Å². The van der Waals surface area contributed by atoms with Gasteiger partial charge in [-0.25, -0.2) is 0 Å². The van der Waals surface area contributed by atoms with Crippen molar-refractivity contribution in [2.24, 2.45) is 0 Å². The van der Waals surface area contributed by atoms with E-state index in [1.807, 2.05) is 36.4 Å². The first-order chi connectivity index (χ1) is 11.4. The maximum Gasteiger partial charge on any atom is 0.265 e. The summed E-state index contributed by atoms with van der Waals surface area (Å²) in [7, 11) is 3.34. The Morgan fingerprint density at radius 1 is 0.792 bits per heavy atom. The zero-order chi connectivity index (χ0) is 17.4. The van der Waals surface area contributed by atoms with Crippen molar-refractivity contribution in [1.29, 1.82) is 0 Å². The molecule has 1 aromatic carbocycles. The van der Waals surface area contributed by atoms with Gasteiger partial charge in [0.1, 0.15) is 8.64 Å². The molecule has 4 nitrogen and oxygen atoms in total. The molecule has 122 valence electrons. The number of benzene rings is 1. The maximum atomic E-state index is 12.0. The molecule has 1 aromatic rings. The minimum Gasteiger partial charge on any atom is -0.296 e. The van der Waals surface area contributed by atoms with Crippen LogP contribution in [0.15, 0.2) is 34.1 Å². The van der Waals surface area contributed by atoms with Crippen LogP contribution in [0.3, 0.4) is 0 Å². The molecule has 8 heteroatoms. The van der Waals surface area contributed by atoms with Gasteiger partial charge >= 0.3 is 0 Å². The third-order valence-electron chi connectivity index (χ3n) is 3.51. The zero-order valence-electron chi connectivity index (χ0n) is 12.8. The molecular formula is C16H12N2O2S4. The molecule has 2 fully saturated rings. The molecule has 2 aliphatic rings. The number of thiocarbonyl (C=S) groups is 2. The predicted molar refractivity (Wildman–Crippen MR) is 108 cm³/mol. The number of hydrogen-bond donors (Lipinski definition) is 0. The average Bonchev–Trinajstić information content (AvgIpc) is 2.94. The Morgan fingerprint density at radius 2 is 1.12 bits per heavy atom. The van der Waals surface area contributed by atoms with Crippen molar-refractivity contribution in [3.05, 3.63) is 45.2 Å². The first kappa shape index (κ1) is 17.3. The second kappa shape index (κ2) is 6.79. The summed E-state index contributed by atoms with van der Waals surface area (Å²) in [6.07, 6.45) is 3.64. The van der Waals surface area contributed by atoms with Crippen molar-refractivity contribution in [2.45, 2.75) is 0 Å². The minimum absolute atomic E-state index is 0.0827. The fourth-order valence-electron chi connectivity index (χ4n) is 2.08. The SMILES string of the molecule is CN1C(=O)C(=Cc2ccc(C=C3SC(=S)N(C)C3=O)cc2)SC1=S. The minimum atomic E-state index is -0.0827. The molecular weight excluding hydrogens is 380 g/mol. The van der Waals surface area contributed by atoms with Gasteiger partial charge in [-0.1, -0.05) is 72.2 Å². The van der Waals surface area contributed by atoms with Crippen LogP contribution in [-0.4, -0.2) is 44.4 Å². The summed E-state index contributed by atoms with van der Waals surface area (Å²) < 4.78 is 1.12. The fraction of sp³-hybridized carbons (Fsp3) is 0.125. The second-order valence-corrected chi connectivity index (χ2v) is 8.50. The van der Waals surface area contributed by atoms with E-state index in [-0.39, 0.29) is 11.8 Å². The molecule has 0 aliphatic carbocycles. The number of hydrogen-bond acceptors (Lipinski definition) is 6. The lowest BCUT2D eigenvalue weighted by Crippen LogP contribution is -2.22. The molecule has 24 heavy (non-hydrogen) atoms. The Balaban J connectivity index is 1.80. The Labute approximate surface area is 158 Å². The van der Waals surface area contributed by atoms with E-state index < -0.39 is 0 Å². The lowest BCUT2D eigenvalue weighted by Gasteiger charge is -2.04. The Kier molecular flexibility index (Phi) is 4.91. The Morgan fingerprint density at radius 3 is 1.38 bits per heavy atom. The Hall–Kier alpha value is -1.48. The van der Waals surface area contributed by atoms with Crippen LogP contribution in [0, 0.1) is 0 Å². The van der Waals surface area contributed by atoms with E-state index >= 15 is 0 Å². The highest BCUT2D eigenvalue weighted by Gasteiger charge is 2.29. The normalized spacial score (nSPS) is 21.8. The molecule has 0 bridgehead atoms. The van der Waals surface area contributed by atoms with Crippen molar-refractivity contribution in [2.75, 3.05) is 14.1 Å². The summed E-state index contributed by atoms with van der Waals surface area (Å²) in [4.78, 5) is 28.2. The molecule has 0 spiro atoms. The molecule has 0 atom stereocenters. The number of amides is 2. The van der Waals surface area contributed by atoms with Crippen LogP contribution < -0.4 is 0 Å². The van der Waals surface area contributed by atoms with Gasteiger partial charge in [0.2, 0.25) is 0 Å². The fourth-order valence-corrected chi connectivity index (χ4v) is 4.44. The van der Waals surface area contributed by atoms with E-state index in [2.05, 4.69) is 0 Å². The van der Waals surface area contributed by atoms with Crippen LogP contribution in [-0.2, 0) is 9.59 Å². The maximum absolute atomic E-state index is 12.0. The van der Waals surface area contributed by atoms with Gasteiger partial charge in [0, 0.05) is 14.1 Å². The number of carbonyl (C=O) groups excluding carboxylic acids is 2. The largest absolute Gasteiger partial charge is 0.296 e. The van der Waals surface area contributed by atoms with E-state index in [1.54, 1.807) is 14.1 Å². The third kappa shape index (κ3) is 3.32. The number of thioether (sulfide) groups is 2. The van der Waals surface area contributed by atoms with Crippen molar-refractivity contribution in [3.63, 3.8) is 0 Å². The quantitative estimate of drug-likeness (QED) is 0.568. The molecule has 0 N–H and O–H groups in total. The van der Waals surface area contributed by atoms with Gasteiger partial charge in [-0.05, 0) is 23.3 Å². The van der Waals surface area contributed by atoms with Gasteiger partial charge in [-0.3, -0.25) is 19.4 Å². The van der Waals surface area contributed by atoms with Crippen molar-refractivity contribution in [3.8, 4) is 0 Å². The molecule has 2 aliphatic heterocycles. The molecule has 2 amide bonds. The molecule has 0 saturated carbocycles. The van der Waals surface area contributed by atoms with Gasteiger partial charge < -0.3 is 0 Å². The second-order valence-electron chi connectivity index (χ2n) is 5.15. The smallest absolute Gasteiger partial charge is 0.265 e. The standard InChI is InChI=1S/C16H12N2O2S4/c1-17-13(19)11(23-15(17)21)7-9-3-5-10(6-4-9)8-12-14(20)18(2)16(22)24-12/h3-8H,1-2H3. The monoisotopic (exact) mass is 392 g/mol. The van der Waals surface area contributed by atoms with Crippen molar-refractivity contribution in [1.82, 2.24) is 9.80 Å².